The number of hydrogen-bond donors (Lipinski definition) is 2. The molecule has 0 radical (unpaired) electrons. The van der Waals surface area contributed by atoms with Gasteiger partial charge < -0.3 is 14.9 Å². The Hall–Kier alpha value is -2.67. The number of halogens is 4. The van der Waals surface area contributed by atoms with Crippen molar-refractivity contribution in [3.63, 3.8) is 0 Å². The molecular formula is C17H12ClF3O4. The van der Waals surface area contributed by atoms with Crippen molar-refractivity contribution >= 4 is 23.6 Å². The van der Waals surface area contributed by atoms with E-state index in [9.17, 15) is 18.0 Å². The number of carboxylic acids is 1. The first-order chi connectivity index (χ1) is 11.7. The van der Waals surface area contributed by atoms with Gasteiger partial charge in [0.1, 0.15) is 18.1 Å². The molecule has 0 unspecified atom stereocenters. The number of ether oxygens (including phenoxy) is 1. The molecule has 0 aliphatic carbocycles. The Kier molecular flexibility index (Phi) is 5.58. The third kappa shape index (κ3) is 4.90. The molecule has 0 saturated carbocycles. The van der Waals surface area contributed by atoms with E-state index in [2.05, 4.69) is 0 Å². The predicted molar refractivity (Wildman–Crippen MR) is 85.7 cm³/mol. The standard InChI is InChI=1S/C10H8O3.C7H4ClF3O/c11-10(12)8-5-7-3-1-2-4-9(7)13-6-8;8-6-2-1-4(12)3-5(6)7(9,10)11/h1-5H,6H2,(H,11,12);1-3,12H. The molecule has 25 heavy (non-hydrogen) atoms. The largest absolute Gasteiger partial charge is 0.508 e. The number of rotatable bonds is 1. The van der Waals surface area contributed by atoms with E-state index in [1.165, 1.54) is 0 Å². The highest BCUT2D eigenvalue weighted by Crippen LogP contribution is 2.36. The Balaban J connectivity index is 0.000000181. The minimum atomic E-state index is -4.52. The maximum Gasteiger partial charge on any atom is 0.417 e. The van der Waals surface area contributed by atoms with E-state index in [4.69, 9.17) is 26.6 Å². The van der Waals surface area contributed by atoms with Gasteiger partial charge >= 0.3 is 12.1 Å². The molecule has 2 N–H and O–H groups in total. The lowest BCUT2D eigenvalue weighted by Gasteiger charge is -2.14. The van der Waals surface area contributed by atoms with Gasteiger partial charge in [0.15, 0.2) is 0 Å². The molecule has 0 saturated heterocycles. The fourth-order valence-electron chi connectivity index (χ4n) is 1.97. The Morgan fingerprint density at radius 1 is 1.16 bits per heavy atom. The number of carbonyl (C=O) groups is 1. The summed E-state index contributed by atoms with van der Waals surface area (Å²) in [4.78, 5) is 10.6. The summed E-state index contributed by atoms with van der Waals surface area (Å²) in [5.74, 6) is -0.631. The second-order valence-electron chi connectivity index (χ2n) is 4.96. The van der Waals surface area contributed by atoms with Crippen LogP contribution in [-0.2, 0) is 11.0 Å². The summed E-state index contributed by atoms with van der Waals surface area (Å²) in [6.45, 7) is 0.145. The fraction of sp³-hybridized carbons (Fsp3) is 0.118. The molecule has 8 heteroatoms. The number of phenols is 1. The number of benzene rings is 2. The van der Waals surface area contributed by atoms with Crippen LogP contribution in [0.1, 0.15) is 11.1 Å². The number of para-hydroxylation sites is 1. The molecule has 1 aliphatic heterocycles. The lowest BCUT2D eigenvalue weighted by molar-refractivity contribution is -0.137. The molecule has 2 aromatic carbocycles. The molecule has 2 aromatic rings. The van der Waals surface area contributed by atoms with E-state index in [1.54, 1.807) is 6.08 Å². The predicted octanol–water partition coefficient (Wildman–Crippen LogP) is 4.61. The third-order valence-electron chi connectivity index (χ3n) is 3.16. The lowest BCUT2D eigenvalue weighted by atomic mass is 10.1. The highest BCUT2D eigenvalue weighted by molar-refractivity contribution is 6.31. The molecule has 0 spiro atoms. The van der Waals surface area contributed by atoms with Crippen LogP contribution in [0.25, 0.3) is 6.08 Å². The highest BCUT2D eigenvalue weighted by atomic mass is 35.5. The summed E-state index contributed by atoms with van der Waals surface area (Å²) >= 11 is 5.25. The van der Waals surface area contributed by atoms with E-state index in [0.29, 0.717) is 11.6 Å². The van der Waals surface area contributed by atoms with E-state index < -0.39 is 28.5 Å². The van der Waals surface area contributed by atoms with Crippen LogP contribution >= 0.6 is 11.6 Å². The van der Waals surface area contributed by atoms with E-state index in [1.807, 2.05) is 24.3 Å². The molecule has 0 atom stereocenters. The van der Waals surface area contributed by atoms with Gasteiger partial charge in [-0.25, -0.2) is 4.79 Å². The first-order valence-corrected chi connectivity index (χ1v) is 7.27. The van der Waals surface area contributed by atoms with E-state index in [0.717, 1.165) is 23.4 Å². The quantitative estimate of drug-likeness (QED) is 0.767. The van der Waals surface area contributed by atoms with E-state index >= 15 is 0 Å². The van der Waals surface area contributed by atoms with E-state index in [-0.39, 0.29) is 6.61 Å². The highest BCUT2D eigenvalue weighted by Gasteiger charge is 2.33. The van der Waals surface area contributed by atoms with Crippen LogP contribution < -0.4 is 4.74 Å². The zero-order valence-corrected chi connectivity index (χ0v) is 13.3. The summed E-state index contributed by atoms with van der Waals surface area (Å²) in [7, 11) is 0. The minimum Gasteiger partial charge on any atom is -0.508 e. The van der Waals surface area contributed by atoms with Crippen LogP contribution in [-0.4, -0.2) is 22.8 Å². The van der Waals surface area contributed by atoms with Gasteiger partial charge in [0.25, 0.3) is 0 Å². The number of alkyl halides is 3. The van der Waals surface area contributed by atoms with Crippen molar-refractivity contribution in [3.05, 3.63) is 64.2 Å². The van der Waals surface area contributed by atoms with Crippen LogP contribution in [0.15, 0.2) is 48.0 Å². The maximum absolute atomic E-state index is 12.0. The van der Waals surface area contributed by atoms with Gasteiger partial charge in [-0.3, -0.25) is 0 Å². The molecular weight excluding hydrogens is 361 g/mol. The van der Waals surface area contributed by atoms with Gasteiger partial charge in [-0.1, -0.05) is 29.8 Å². The molecule has 132 valence electrons. The Labute approximate surface area is 145 Å². The summed E-state index contributed by atoms with van der Waals surface area (Å²) in [6, 6.07) is 10.0. The zero-order chi connectivity index (χ0) is 18.6. The Bertz CT molecular complexity index is 816. The molecule has 1 heterocycles. The second kappa shape index (κ2) is 7.48. The number of carboxylic acid groups (broad SMARTS) is 1. The molecule has 0 bridgehead atoms. The van der Waals surface area contributed by atoms with Crippen LogP contribution in [0.3, 0.4) is 0 Å². The van der Waals surface area contributed by atoms with Crippen molar-refractivity contribution in [2.75, 3.05) is 6.61 Å². The Morgan fingerprint density at radius 3 is 2.44 bits per heavy atom. The molecule has 4 nitrogen and oxygen atoms in total. The average molecular weight is 373 g/mol. The number of aliphatic carboxylic acids is 1. The van der Waals surface area contributed by atoms with Gasteiger partial charge in [-0.2, -0.15) is 13.2 Å². The summed E-state index contributed by atoms with van der Waals surface area (Å²) < 4.78 is 41.3. The first kappa shape index (κ1) is 18.7. The van der Waals surface area contributed by atoms with Crippen molar-refractivity contribution in [2.24, 2.45) is 0 Å². The van der Waals surface area contributed by atoms with Gasteiger partial charge in [0.05, 0.1) is 16.2 Å². The topological polar surface area (TPSA) is 66.8 Å². The molecule has 3 rings (SSSR count). The monoisotopic (exact) mass is 372 g/mol. The third-order valence-corrected chi connectivity index (χ3v) is 3.49. The zero-order valence-electron chi connectivity index (χ0n) is 12.5. The number of fused-ring (bicyclic) bond motifs is 1. The van der Waals surface area contributed by atoms with Crippen LogP contribution in [0, 0.1) is 0 Å². The normalized spacial score (nSPS) is 12.9. The smallest absolute Gasteiger partial charge is 0.417 e. The number of phenolic OH excluding ortho intramolecular Hbond substituents is 1. The minimum absolute atomic E-state index is 0.145. The summed E-state index contributed by atoms with van der Waals surface area (Å²) in [6.07, 6.45) is -2.88. The van der Waals surface area contributed by atoms with Gasteiger partial charge in [0, 0.05) is 5.56 Å². The van der Waals surface area contributed by atoms with Crippen molar-refractivity contribution in [1.82, 2.24) is 0 Å². The average Bonchev–Trinajstić information content (AvgIpc) is 2.56. The van der Waals surface area contributed by atoms with Gasteiger partial charge in [0.2, 0.25) is 0 Å². The maximum atomic E-state index is 12.0. The second-order valence-corrected chi connectivity index (χ2v) is 5.37. The fourth-order valence-corrected chi connectivity index (χ4v) is 2.19. The number of hydrogen-bond acceptors (Lipinski definition) is 3. The SMILES string of the molecule is O=C(O)C1=Cc2ccccc2OC1.Oc1ccc(Cl)c(C(F)(F)F)c1. The lowest BCUT2D eigenvalue weighted by Crippen LogP contribution is -2.13. The van der Waals surface area contributed by atoms with Crippen LogP contribution in [0.2, 0.25) is 5.02 Å². The van der Waals surface area contributed by atoms with Gasteiger partial charge in [-0.15, -0.1) is 0 Å². The molecule has 0 aromatic heterocycles. The molecule has 0 amide bonds. The van der Waals surface area contributed by atoms with Crippen molar-refractivity contribution in [1.29, 1.82) is 0 Å². The van der Waals surface area contributed by atoms with Crippen molar-refractivity contribution < 1.29 is 32.9 Å². The van der Waals surface area contributed by atoms with Crippen molar-refractivity contribution in [2.45, 2.75) is 6.18 Å². The van der Waals surface area contributed by atoms with Crippen LogP contribution in [0.4, 0.5) is 13.2 Å². The number of aromatic hydroxyl groups is 1. The summed E-state index contributed by atoms with van der Waals surface area (Å²) in [5.41, 5.74) is 0.0917. The Morgan fingerprint density at radius 2 is 1.84 bits per heavy atom. The van der Waals surface area contributed by atoms with Crippen molar-refractivity contribution in [3.8, 4) is 11.5 Å². The van der Waals surface area contributed by atoms with Crippen LogP contribution in [0.5, 0.6) is 11.5 Å². The summed E-state index contributed by atoms with van der Waals surface area (Å²) in [5, 5.41) is 17.0. The molecule has 1 aliphatic rings. The van der Waals surface area contributed by atoms with Gasteiger partial charge in [-0.05, 0) is 30.3 Å². The molecule has 0 fully saturated rings. The first-order valence-electron chi connectivity index (χ1n) is 6.90.